The van der Waals surface area contributed by atoms with Gasteiger partial charge < -0.3 is 10.6 Å². The zero-order valence-electron chi connectivity index (χ0n) is 9.37. The number of carbonyl (C=O) groups excluding carboxylic acids is 2. The number of rotatable bonds is 2. The molecule has 1 heterocycles. The fourth-order valence-electron chi connectivity index (χ4n) is 1.71. The summed E-state index contributed by atoms with van der Waals surface area (Å²) in [5.74, 6) is -0.745. The molecule has 6 heteroatoms. The molecule has 0 aromatic heterocycles. The van der Waals surface area contributed by atoms with Gasteiger partial charge in [0.05, 0.1) is 28.3 Å². The first kappa shape index (κ1) is 12.4. The number of nitriles is 1. The second kappa shape index (κ2) is 5.07. The Morgan fingerprint density at radius 1 is 1.56 bits per heavy atom. The van der Waals surface area contributed by atoms with Crippen molar-refractivity contribution in [3.8, 4) is 6.07 Å². The SMILES string of the molecule is N#Cc1ccc(NC(=O)C2CNC(=O)C2)c(Cl)c1. The van der Waals surface area contributed by atoms with Crippen LogP contribution < -0.4 is 10.6 Å². The summed E-state index contributed by atoms with van der Waals surface area (Å²) >= 11 is 5.94. The van der Waals surface area contributed by atoms with Gasteiger partial charge in [0.15, 0.2) is 0 Å². The highest BCUT2D eigenvalue weighted by Gasteiger charge is 2.28. The van der Waals surface area contributed by atoms with E-state index in [2.05, 4.69) is 10.6 Å². The lowest BCUT2D eigenvalue weighted by Crippen LogP contribution is -2.24. The highest BCUT2D eigenvalue weighted by molar-refractivity contribution is 6.33. The summed E-state index contributed by atoms with van der Waals surface area (Å²) in [5, 5.41) is 14.2. The van der Waals surface area contributed by atoms with E-state index in [1.54, 1.807) is 12.1 Å². The molecule has 1 fully saturated rings. The maximum absolute atomic E-state index is 11.8. The molecule has 0 radical (unpaired) electrons. The molecule has 1 aromatic rings. The van der Waals surface area contributed by atoms with Crippen LogP contribution in [0.3, 0.4) is 0 Å². The van der Waals surface area contributed by atoms with E-state index in [1.165, 1.54) is 6.07 Å². The van der Waals surface area contributed by atoms with Crippen molar-refractivity contribution >= 4 is 29.1 Å². The van der Waals surface area contributed by atoms with Crippen molar-refractivity contribution in [2.75, 3.05) is 11.9 Å². The predicted molar refractivity (Wildman–Crippen MR) is 65.9 cm³/mol. The van der Waals surface area contributed by atoms with Crippen molar-refractivity contribution in [3.05, 3.63) is 28.8 Å². The largest absolute Gasteiger partial charge is 0.355 e. The highest BCUT2D eigenvalue weighted by atomic mass is 35.5. The Hall–Kier alpha value is -2.06. The average Bonchev–Trinajstić information content (AvgIpc) is 2.78. The maximum atomic E-state index is 11.8. The van der Waals surface area contributed by atoms with Crippen LogP contribution in [-0.2, 0) is 9.59 Å². The van der Waals surface area contributed by atoms with Crippen molar-refractivity contribution < 1.29 is 9.59 Å². The van der Waals surface area contributed by atoms with Crippen LogP contribution in [0.1, 0.15) is 12.0 Å². The second-order valence-corrected chi connectivity index (χ2v) is 4.41. The molecule has 0 spiro atoms. The second-order valence-electron chi connectivity index (χ2n) is 4.00. The Bertz CT molecular complexity index is 551. The van der Waals surface area contributed by atoms with Crippen molar-refractivity contribution in [3.63, 3.8) is 0 Å². The number of hydrogen-bond donors (Lipinski definition) is 2. The molecule has 2 rings (SSSR count). The van der Waals surface area contributed by atoms with Crippen molar-refractivity contribution in [1.82, 2.24) is 5.32 Å². The first-order valence-electron chi connectivity index (χ1n) is 5.37. The van der Waals surface area contributed by atoms with Gasteiger partial charge in [-0.05, 0) is 18.2 Å². The van der Waals surface area contributed by atoms with E-state index in [0.29, 0.717) is 22.8 Å². The van der Waals surface area contributed by atoms with Gasteiger partial charge in [0.2, 0.25) is 11.8 Å². The van der Waals surface area contributed by atoms with Crippen LogP contribution >= 0.6 is 11.6 Å². The third kappa shape index (κ3) is 2.60. The molecule has 2 N–H and O–H groups in total. The number of amides is 2. The van der Waals surface area contributed by atoms with Crippen LogP contribution in [0.15, 0.2) is 18.2 Å². The van der Waals surface area contributed by atoms with Gasteiger partial charge in [0.25, 0.3) is 0 Å². The number of nitrogens with one attached hydrogen (secondary N) is 2. The lowest BCUT2D eigenvalue weighted by molar-refractivity contribution is -0.123. The van der Waals surface area contributed by atoms with Gasteiger partial charge in [0.1, 0.15) is 0 Å². The van der Waals surface area contributed by atoms with Crippen LogP contribution in [0.25, 0.3) is 0 Å². The van der Waals surface area contributed by atoms with Gasteiger partial charge in [-0.3, -0.25) is 9.59 Å². The normalized spacial score (nSPS) is 18.0. The molecular weight excluding hydrogens is 254 g/mol. The average molecular weight is 264 g/mol. The van der Waals surface area contributed by atoms with E-state index in [4.69, 9.17) is 16.9 Å². The number of halogens is 1. The molecule has 1 unspecified atom stereocenters. The van der Waals surface area contributed by atoms with Gasteiger partial charge in [-0.1, -0.05) is 11.6 Å². The van der Waals surface area contributed by atoms with Crippen LogP contribution in [0.5, 0.6) is 0 Å². The molecule has 2 amide bonds. The molecule has 0 saturated carbocycles. The minimum atomic E-state index is -0.371. The fourth-order valence-corrected chi connectivity index (χ4v) is 1.94. The van der Waals surface area contributed by atoms with E-state index in [0.717, 1.165) is 0 Å². The molecule has 1 aromatic carbocycles. The van der Waals surface area contributed by atoms with Gasteiger partial charge in [-0.2, -0.15) is 5.26 Å². The molecule has 92 valence electrons. The summed E-state index contributed by atoms with van der Waals surface area (Å²) in [6, 6.07) is 6.58. The van der Waals surface area contributed by atoms with E-state index in [9.17, 15) is 9.59 Å². The molecular formula is C12H10ClN3O2. The fraction of sp³-hybridized carbons (Fsp3) is 0.250. The minimum absolute atomic E-state index is 0.124. The summed E-state index contributed by atoms with van der Waals surface area (Å²) in [7, 11) is 0. The van der Waals surface area contributed by atoms with Crippen LogP contribution in [0.2, 0.25) is 5.02 Å². The Balaban J connectivity index is 2.08. The van der Waals surface area contributed by atoms with E-state index < -0.39 is 0 Å². The van der Waals surface area contributed by atoms with Crippen molar-refractivity contribution in [1.29, 1.82) is 5.26 Å². The molecule has 1 aliphatic heterocycles. The Kier molecular flexibility index (Phi) is 3.49. The number of nitrogens with zero attached hydrogens (tertiary/aromatic N) is 1. The molecule has 0 aliphatic carbocycles. The van der Waals surface area contributed by atoms with Gasteiger partial charge in [0, 0.05) is 13.0 Å². The molecule has 1 saturated heterocycles. The third-order valence-electron chi connectivity index (χ3n) is 2.70. The first-order valence-corrected chi connectivity index (χ1v) is 5.75. The van der Waals surface area contributed by atoms with Gasteiger partial charge >= 0.3 is 0 Å². The zero-order valence-corrected chi connectivity index (χ0v) is 10.1. The Morgan fingerprint density at radius 2 is 2.33 bits per heavy atom. The van der Waals surface area contributed by atoms with Gasteiger partial charge in [-0.25, -0.2) is 0 Å². The lowest BCUT2D eigenvalue weighted by Gasteiger charge is -2.10. The standard InChI is InChI=1S/C12H10ClN3O2/c13-9-3-7(5-14)1-2-10(9)16-12(18)8-4-11(17)15-6-8/h1-3,8H,4,6H2,(H,15,17)(H,16,18). The predicted octanol–water partition coefficient (Wildman–Crippen LogP) is 1.29. The van der Waals surface area contributed by atoms with Crippen LogP contribution in [0.4, 0.5) is 5.69 Å². The van der Waals surface area contributed by atoms with E-state index in [1.807, 2.05) is 6.07 Å². The van der Waals surface area contributed by atoms with Crippen LogP contribution in [-0.4, -0.2) is 18.4 Å². The van der Waals surface area contributed by atoms with Crippen molar-refractivity contribution in [2.45, 2.75) is 6.42 Å². The number of benzene rings is 1. The quantitative estimate of drug-likeness (QED) is 0.843. The third-order valence-corrected chi connectivity index (χ3v) is 3.02. The lowest BCUT2D eigenvalue weighted by atomic mass is 10.1. The molecule has 18 heavy (non-hydrogen) atoms. The molecule has 0 bridgehead atoms. The maximum Gasteiger partial charge on any atom is 0.229 e. The summed E-state index contributed by atoms with van der Waals surface area (Å²) in [5.41, 5.74) is 0.871. The summed E-state index contributed by atoms with van der Waals surface area (Å²) in [6.07, 6.45) is 0.194. The monoisotopic (exact) mass is 263 g/mol. The summed E-state index contributed by atoms with van der Waals surface area (Å²) in [6.45, 7) is 0.346. The van der Waals surface area contributed by atoms with E-state index in [-0.39, 0.29) is 24.2 Å². The summed E-state index contributed by atoms with van der Waals surface area (Å²) < 4.78 is 0. The van der Waals surface area contributed by atoms with Crippen molar-refractivity contribution in [2.24, 2.45) is 5.92 Å². The van der Waals surface area contributed by atoms with Crippen LogP contribution in [0, 0.1) is 17.2 Å². The molecule has 5 nitrogen and oxygen atoms in total. The minimum Gasteiger partial charge on any atom is -0.355 e. The van der Waals surface area contributed by atoms with Gasteiger partial charge in [-0.15, -0.1) is 0 Å². The molecule has 1 atom stereocenters. The Morgan fingerprint density at radius 3 is 2.89 bits per heavy atom. The number of hydrogen-bond acceptors (Lipinski definition) is 3. The summed E-state index contributed by atoms with van der Waals surface area (Å²) in [4.78, 5) is 22.8. The van der Waals surface area contributed by atoms with E-state index >= 15 is 0 Å². The Labute approximate surface area is 109 Å². The first-order chi connectivity index (χ1) is 8.60. The smallest absolute Gasteiger partial charge is 0.229 e. The zero-order chi connectivity index (χ0) is 13.1. The highest BCUT2D eigenvalue weighted by Crippen LogP contribution is 2.24. The number of anilines is 1. The topological polar surface area (TPSA) is 82.0 Å². The number of carbonyl (C=O) groups is 2. The molecule has 1 aliphatic rings.